The van der Waals surface area contributed by atoms with Crippen molar-refractivity contribution in [3.05, 3.63) is 46.5 Å². The normalized spacial score (nSPS) is 20.6. The maximum atomic E-state index is 10.6. The molecule has 2 aromatic rings. The number of hydrogen-bond acceptors (Lipinski definition) is 5. The summed E-state index contributed by atoms with van der Waals surface area (Å²) < 4.78 is 5.77. The van der Waals surface area contributed by atoms with Gasteiger partial charge < -0.3 is 9.84 Å². The third kappa shape index (κ3) is 3.77. The first-order chi connectivity index (χ1) is 11.0. The third-order valence-electron chi connectivity index (χ3n) is 4.27. The number of benzene rings is 1. The number of β-amino-alcohol motifs (C(OH)–C–C–N with tert-alkyl or cyclic N) is 1. The first-order valence-corrected chi connectivity index (χ1v) is 8.01. The van der Waals surface area contributed by atoms with E-state index < -0.39 is 6.10 Å². The molecule has 0 bridgehead atoms. The van der Waals surface area contributed by atoms with Gasteiger partial charge in [-0.1, -0.05) is 23.8 Å². The molecule has 0 saturated carbocycles. The van der Waals surface area contributed by atoms with E-state index in [1.165, 1.54) is 5.56 Å². The first kappa shape index (κ1) is 16.1. The van der Waals surface area contributed by atoms with E-state index in [1.807, 2.05) is 26.0 Å². The predicted octanol–water partition coefficient (Wildman–Crippen LogP) is 1.84. The monoisotopic (exact) mass is 316 g/mol. The molecule has 3 rings (SSSR count). The lowest BCUT2D eigenvalue weighted by atomic mass is 10.0. The summed E-state index contributed by atoms with van der Waals surface area (Å²) in [5.41, 5.74) is 3.34. The lowest BCUT2D eigenvalue weighted by Crippen LogP contribution is -2.41. The lowest BCUT2D eigenvalue weighted by Gasteiger charge is -2.33. The second-order valence-corrected chi connectivity index (χ2v) is 6.27. The molecule has 6 nitrogen and oxygen atoms in total. The number of aliphatic hydroxyl groups excluding tert-OH is 1. The van der Waals surface area contributed by atoms with E-state index in [1.54, 1.807) is 0 Å². The van der Waals surface area contributed by atoms with Gasteiger partial charge in [0, 0.05) is 19.6 Å². The van der Waals surface area contributed by atoms with Crippen molar-refractivity contribution < 1.29 is 9.84 Å². The summed E-state index contributed by atoms with van der Waals surface area (Å²) in [5.74, 6) is 1.48. The highest BCUT2D eigenvalue weighted by Gasteiger charge is 2.26. The van der Waals surface area contributed by atoms with Gasteiger partial charge in [-0.05, 0) is 31.9 Å². The Morgan fingerprint density at radius 2 is 2.22 bits per heavy atom. The summed E-state index contributed by atoms with van der Waals surface area (Å²) in [4.78, 5) is 6.56. The molecule has 1 aliphatic rings. The van der Waals surface area contributed by atoms with Gasteiger partial charge >= 0.3 is 0 Å². The van der Waals surface area contributed by atoms with Crippen molar-refractivity contribution >= 4 is 0 Å². The highest BCUT2D eigenvalue weighted by Crippen LogP contribution is 2.24. The number of H-pyrrole nitrogens is 1. The number of ether oxygens (including phenoxy) is 1. The topological polar surface area (TPSA) is 74.3 Å². The third-order valence-corrected chi connectivity index (χ3v) is 4.27. The van der Waals surface area contributed by atoms with Crippen LogP contribution in [0.2, 0.25) is 0 Å². The molecule has 2 atom stereocenters. The molecule has 0 amide bonds. The average Bonchev–Trinajstić information content (AvgIpc) is 2.94. The van der Waals surface area contributed by atoms with E-state index >= 15 is 0 Å². The van der Waals surface area contributed by atoms with Gasteiger partial charge in [-0.15, -0.1) is 0 Å². The first-order valence-electron chi connectivity index (χ1n) is 8.01. The summed E-state index contributed by atoms with van der Waals surface area (Å²) in [6, 6.07) is 6.17. The molecule has 1 aromatic carbocycles. The van der Waals surface area contributed by atoms with E-state index in [4.69, 9.17) is 4.74 Å². The zero-order chi connectivity index (χ0) is 16.4. The molecule has 23 heavy (non-hydrogen) atoms. The average molecular weight is 316 g/mol. The number of aryl methyl sites for hydroxylation is 3. The number of nitrogens with zero attached hydrogens (tertiary/aromatic N) is 3. The van der Waals surface area contributed by atoms with Crippen molar-refractivity contribution in [1.29, 1.82) is 0 Å². The van der Waals surface area contributed by atoms with Crippen LogP contribution in [-0.4, -0.2) is 51.4 Å². The highest BCUT2D eigenvalue weighted by atomic mass is 16.5. The maximum Gasteiger partial charge on any atom is 0.180 e. The van der Waals surface area contributed by atoms with Crippen LogP contribution in [0.1, 0.15) is 40.5 Å². The van der Waals surface area contributed by atoms with Gasteiger partial charge in [0.2, 0.25) is 0 Å². The van der Waals surface area contributed by atoms with E-state index in [-0.39, 0.29) is 6.10 Å². The number of aliphatic hydroxyl groups is 1. The zero-order valence-corrected chi connectivity index (χ0v) is 13.9. The van der Waals surface area contributed by atoms with E-state index in [0.717, 1.165) is 23.5 Å². The Morgan fingerprint density at radius 1 is 1.39 bits per heavy atom. The van der Waals surface area contributed by atoms with Crippen molar-refractivity contribution in [3.63, 3.8) is 0 Å². The summed E-state index contributed by atoms with van der Waals surface area (Å²) >= 11 is 0. The van der Waals surface area contributed by atoms with Gasteiger partial charge in [0.05, 0.1) is 12.7 Å². The summed E-state index contributed by atoms with van der Waals surface area (Å²) in [7, 11) is 0. The van der Waals surface area contributed by atoms with Crippen LogP contribution in [0.3, 0.4) is 0 Å². The quantitative estimate of drug-likeness (QED) is 0.900. The second-order valence-electron chi connectivity index (χ2n) is 6.27. The Morgan fingerprint density at radius 3 is 2.91 bits per heavy atom. The predicted molar refractivity (Wildman–Crippen MR) is 87.1 cm³/mol. The van der Waals surface area contributed by atoms with E-state index in [2.05, 4.69) is 33.1 Å². The minimum absolute atomic E-state index is 0.139. The Hall–Kier alpha value is -1.76. The molecule has 2 N–H and O–H groups in total. The minimum Gasteiger partial charge on any atom is -0.387 e. The fourth-order valence-electron chi connectivity index (χ4n) is 3.07. The number of hydrogen-bond donors (Lipinski definition) is 2. The van der Waals surface area contributed by atoms with Gasteiger partial charge in [-0.25, -0.2) is 4.98 Å². The van der Waals surface area contributed by atoms with Gasteiger partial charge in [0.1, 0.15) is 11.9 Å². The fraction of sp³-hybridized carbons (Fsp3) is 0.529. The van der Waals surface area contributed by atoms with E-state index in [9.17, 15) is 5.11 Å². The molecule has 124 valence electrons. The zero-order valence-electron chi connectivity index (χ0n) is 13.9. The molecule has 0 spiro atoms. The smallest absolute Gasteiger partial charge is 0.180 e. The molecule has 0 unspecified atom stereocenters. The Balaban J connectivity index is 1.65. The van der Waals surface area contributed by atoms with E-state index in [0.29, 0.717) is 25.5 Å². The maximum absolute atomic E-state index is 10.6. The highest BCUT2D eigenvalue weighted by molar-refractivity contribution is 5.32. The minimum atomic E-state index is -0.497. The van der Waals surface area contributed by atoms with Gasteiger partial charge in [-0.3, -0.25) is 10.00 Å². The number of aromatic nitrogens is 3. The molecule has 1 fully saturated rings. The molecule has 6 heteroatoms. The molecular weight excluding hydrogens is 292 g/mol. The molecule has 1 saturated heterocycles. The number of nitrogens with one attached hydrogen (secondary N) is 1. The van der Waals surface area contributed by atoms with Crippen LogP contribution >= 0.6 is 0 Å². The van der Waals surface area contributed by atoms with Crippen LogP contribution in [-0.2, 0) is 4.74 Å². The van der Waals surface area contributed by atoms with Crippen molar-refractivity contribution in [2.24, 2.45) is 0 Å². The number of rotatable bonds is 4. The van der Waals surface area contributed by atoms with Crippen LogP contribution < -0.4 is 0 Å². The summed E-state index contributed by atoms with van der Waals surface area (Å²) in [6.07, 6.45) is -0.636. The summed E-state index contributed by atoms with van der Waals surface area (Å²) in [5, 5.41) is 17.6. The van der Waals surface area contributed by atoms with Gasteiger partial charge in [0.25, 0.3) is 0 Å². The molecule has 1 aromatic heterocycles. The number of morpholine rings is 1. The van der Waals surface area contributed by atoms with Crippen molar-refractivity contribution in [2.75, 3.05) is 26.2 Å². The number of aromatic amines is 1. The SMILES string of the molecule is Cc1ccc([C@H](O)CN2CCO[C@@H](c3n[nH]c(C)n3)C2)c(C)c1. The standard InChI is InChI=1S/C17H24N4O2/c1-11-4-5-14(12(2)8-11)15(22)9-21-6-7-23-16(10-21)17-18-13(3)19-20-17/h4-5,8,15-16,22H,6-7,9-10H2,1-3H3,(H,18,19,20)/t15-,16-/m1/s1. The van der Waals surface area contributed by atoms with Crippen LogP contribution in [0, 0.1) is 20.8 Å². The molecule has 0 aliphatic carbocycles. The second kappa shape index (κ2) is 6.78. The van der Waals surface area contributed by atoms with Crippen molar-refractivity contribution in [3.8, 4) is 0 Å². The Labute approximate surface area is 136 Å². The molecule has 2 heterocycles. The van der Waals surface area contributed by atoms with Crippen LogP contribution in [0.25, 0.3) is 0 Å². The Bertz CT molecular complexity index is 670. The van der Waals surface area contributed by atoms with Gasteiger partial charge in [0.15, 0.2) is 5.82 Å². The van der Waals surface area contributed by atoms with Crippen LogP contribution in [0.5, 0.6) is 0 Å². The lowest BCUT2D eigenvalue weighted by molar-refractivity contribution is -0.0461. The molecular formula is C17H24N4O2. The van der Waals surface area contributed by atoms with Gasteiger partial charge in [-0.2, -0.15) is 5.10 Å². The molecule has 0 radical (unpaired) electrons. The van der Waals surface area contributed by atoms with Crippen molar-refractivity contribution in [2.45, 2.75) is 33.0 Å². The molecule has 1 aliphatic heterocycles. The van der Waals surface area contributed by atoms with Crippen LogP contribution in [0.15, 0.2) is 18.2 Å². The summed E-state index contributed by atoms with van der Waals surface area (Å²) in [6.45, 7) is 8.70. The Kier molecular flexibility index (Phi) is 4.75. The largest absolute Gasteiger partial charge is 0.387 e. The van der Waals surface area contributed by atoms with Crippen LogP contribution in [0.4, 0.5) is 0 Å². The van der Waals surface area contributed by atoms with Crippen molar-refractivity contribution in [1.82, 2.24) is 20.1 Å². The fourth-order valence-corrected chi connectivity index (χ4v) is 3.07.